The first-order valence-electron chi connectivity index (χ1n) is 3.53. The van der Waals surface area contributed by atoms with Gasteiger partial charge in [0.15, 0.2) is 0 Å². The third-order valence-electron chi connectivity index (χ3n) is 1.54. The monoisotopic (exact) mass is 372 g/mol. The minimum absolute atomic E-state index is 0.00569. The maximum Gasteiger partial charge on any atom is 0.267 e. The van der Waals surface area contributed by atoms with E-state index >= 15 is 0 Å². The van der Waals surface area contributed by atoms with E-state index in [1.807, 2.05) is 0 Å². The van der Waals surface area contributed by atoms with Gasteiger partial charge in [-0.05, 0) is 28.7 Å². The number of nitrogens with zero attached hydrogens (tertiary/aromatic N) is 2. The van der Waals surface area contributed by atoms with Gasteiger partial charge in [-0.15, -0.1) is 0 Å². The van der Waals surface area contributed by atoms with Crippen molar-refractivity contribution >= 4 is 38.5 Å². The standard InChI is InChI=1S/C8H4BrF2IN2/c9-2-5-1-4(3-13)6(7(10)11)8(12)14-5/h1,7H,2H2. The van der Waals surface area contributed by atoms with Crippen LogP contribution in [-0.2, 0) is 5.33 Å². The lowest BCUT2D eigenvalue weighted by molar-refractivity contribution is 0.149. The average Bonchev–Trinajstić information content (AvgIpc) is 2.15. The lowest BCUT2D eigenvalue weighted by atomic mass is 10.1. The zero-order valence-corrected chi connectivity index (χ0v) is 10.5. The number of rotatable bonds is 2. The van der Waals surface area contributed by atoms with Crippen LogP contribution >= 0.6 is 38.5 Å². The topological polar surface area (TPSA) is 36.7 Å². The van der Waals surface area contributed by atoms with Gasteiger partial charge in [-0.3, -0.25) is 0 Å². The maximum absolute atomic E-state index is 12.5. The van der Waals surface area contributed by atoms with Gasteiger partial charge in [0.2, 0.25) is 0 Å². The van der Waals surface area contributed by atoms with Gasteiger partial charge in [0.25, 0.3) is 6.43 Å². The quantitative estimate of drug-likeness (QED) is 0.453. The van der Waals surface area contributed by atoms with Gasteiger partial charge in [-0.2, -0.15) is 5.26 Å². The average molecular weight is 373 g/mol. The minimum Gasteiger partial charge on any atom is -0.245 e. The molecule has 0 aliphatic rings. The maximum atomic E-state index is 12.5. The summed E-state index contributed by atoms with van der Waals surface area (Å²) in [7, 11) is 0. The van der Waals surface area contributed by atoms with Crippen LogP contribution in [0.25, 0.3) is 0 Å². The summed E-state index contributed by atoms with van der Waals surface area (Å²) in [5.41, 5.74) is 0.294. The van der Waals surface area contributed by atoms with Crippen molar-refractivity contribution < 1.29 is 8.78 Å². The van der Waals surface area contributed by atoms with Gasteiger partial charge < -0.3 is 0 Å². The van der Waals surface area contributed by atoms with Gasteiger partial charge in [0.1, 0.15) is 3.70 Å². The van der Waals surface area contributed by atoms with Crippen molar-refractivity contribution in [1.29, 1.82) is 5.26 Å². The molecular weight excluding hydrogens is 369 g/mol. The molecule has 6 heteroatoms. The Balaban J connectivity index is 3.37. The number of pyridine rings is 1. The van der Waals surface area contributed by atoms with Crippen molar-refractivity contribution in [2.45, 2.75) is 11.8 Å². The molecule has 0 aliphatic heterocycles. The predicted molar refractivity (Wildman–Crippen MR) is 59.3 cm³/mol. The first kappa shape index (κ1) is 11.8. The summed E-state index contributed by atoms with van der Waals surface area (Å²) >= 11 is 4.86. The predicted octanol–water partition coefficient (Wildman–Crippen LogP) is 3.39. The summed E-state index contributed by atoms with van der Waals surface area (Å²) in [4.78, 5) is 3.93. The SMILES string of the molecule is N#Cc1cc(CBr)nc(I)c1C(F)F. The van der Waals surface area contributed by atoms with Crippen molar-refractivity contribution in [2.24, 2.45) is 0 Å². The second-order valence-electron chi connectivity index (χ2n) is 2.41. The molecule has 0 unspecified atom stereocenters. The van der Waals surface area contributed by atoms with E-state index in [0.29, 0.717) is 11.0 Å². The van der Waals surface area contributed by atoms with Crippen LogP contribution in [-0.4, -0.2) is 4.98 Å². The molecule has 0 N–H and O–H groups in total. The van der Waals surface area contributed by atoms with Crippen LogP contribution in [0, 0.1) is 15.0 Å². The highest BCUT2D eigenvalue weighted by Gasteiger charge is 2.18. The second-order valence-corrected chi connectivity index (χ2v) is 3.99. The zero-order chi connectivity index (χ0) is 10.7. The number of alkyl halides is 3. The van der Waals surface area contributed by atoms with E-state index in [-0.39, 0.29) is 14.8 Å². The number of nitriles is 1. The van der Waals surface area contributed by atoms with Crippen molar-refractivity contribution in [2.75, 3.05) is 0 Å². The van der Waals surface area contributed by atoms with Gasteiger partial charge in [-0.25, -0.2) is 13.8 Å². The Hall–Kier alpha value is -0.290. The Morgan fingerprint density at radius 2 is 2.29 bits per heavy atom. The number of hydrogen-bond acceptors (Lipinski definition) is 2. The minimum atomic E-state index is -2.66. The van der Waals surface area contributed by atoms with Gasteiger partial charge in [0, 0.05) is 5.33 Å². The molecule has 0 saturated carbocycles. The highest BCUT2D eigenvalue weighted by molar-refractivity contribution is 14.1. The van der Waals surface area contributed by atoms with E-state index in [0.717, 1.165) is 0 Å². The van der Waals surface area contributed by atoms with E-state index in [2.05, 4.69) is 20.9 Å². The van der Waals surface area contributed by atoms with Crippen LogP contribution in [0.5, 0.6) is 0 Å². The van der Waals surface area contributed by atoms with E-state index < -0.39 is 6.43 Å². The zero-order valence-electron chi connectivity index (χ0n) is 6.77. The van der Waals surface area contributed by atoms with Gasteiger partial charge in [-0.1, -0.05) is 15.9 Å². The number of halogens is 4. The number of aromatic nitrogens is 1. The molecule has 0 saturated heterocycles. The van der Waals surface area contributed by atoms with Crippen LogP contribution in [0.2, 0.25) is 0 Å². The molecule has 0 aliphatic carbocycles. The normalized spacial score (nSPS) is 10.3. The fourth-order valence-electron chi connectivity index (χ4n) is 0.943. The van der Waals surface area contributed by atoms with Gasteiger partial charge in [0.05, 0.1) is 22.9 Å². The molecule has 0 bridgehead atoms. The highest BCUT2D eigenvalue weighted by atomic mass is 127. The van der Waals surface area contributed by atoms with Gasteiger partial charge >= 0.3 is 0 Å². The fourth-order valence-corrected chi connectivity index (χ4v) is 2.07. The Morgan fingerprint density at radius 1 is 1.64 bits per heavy atom. The smallest absolute Gasteiger partial charge is 0.245 e. The Bertz CT molecular complexity index is 390. The first-order chi connectivity index (χ1) is 6.60. The van der Waals surface area contributed by atoms with Crippen molar-refractivity contribution in [3.05, 3.63) is 26.6 Å². The fraction of sp³-hybridized carbons (Fsp3) is 0.250. The summed E-state index contributed by atoms with van der Waals surface area (Å²) < 4.78 is 25.2. The summed E-state index contributed by atoms with van der Waals surface area (Å²) in [6.07, 6.45) is -2.66. The molecule has 1 aromatic heterocycles. The number of hydrogen-bond donors (Lipinski definition) is 0. The molecule has 14 heavy (non-hydrogen) atoms. The second kappa shape index (κ2) is 4.98. The molecule has 1 aromatic rings. The summed E-state index contributed by atoms with van der Waals surface area (Å²) in [5.74, 6) is 0. The molecule has 1 rings (SSSR count). The van der Waals surface area contributed by atoms with Crippen LogP contribution in [0.15, 0.2) is 6.07 Å². The summed E-state index contributed by atoms with van der Waals surface area (Å²) in [5, 5.41) is 9.13. The largest absolute Gasteiger partial charge is 0.267 e. The van der Waals surface area contributed by atoms with Crippen LogP contribution in [0.1, 0.15) is 23.2 Å². The molecular formula is C8H4BrF2IN2. The third-order valence-corrected chi connectivity index (χ3v) is 2.94. The van der Waals surface area contributed by atoms with E-state index in [1.54, 1.807) is 28.7 Å². The summed E-state index contributed by atoms with van der Waals surface area (Å²) in [6, 6.07) is 3.12. The molecule has 74 valence electrons. The first-order valence-corrected chi connectivity index (χ1v) is 5.73. The van der Waals surface area contributed by atoms with Crippen LogP contribution in [0.4, 0.5) is 8.78 Å². The highest BCUT2D eigenvalue weighted by Crippen LogP contribution is 2.27. The molecule has 0 amide bonds. The molecule has 2 nitrogen and oxygen atoms in total. The van der Waals surface area contributed by atoms with Crippen molar-refractivity contribution in [1.82, 2.24) is 4.98 Å². The molecule has 0 atom stereocenters. The van der Waals surface area contributed by atoms with Crippen molar-refractivity contribution in [3.63, 3.8) is 0 Å². The lowest BCUT2D eigenvalue weighted by Crippen LogP contribution is -2.00. The Labute approximate surface area is 102 Å². The Kier molecular flexibility index (Phi) is 4.19. The van der Waals surface area contributed by atoms with E-state index in [1.165, 1.54) is 6.07 Å². The summed E-state index contributed by atoms with van der Waals surface area (Å²) in [6.45, 7) is 0. The van der Waals surface area contributed by atoms with Crippen LogP contribution < -0.4 is 0 Å². The lowest BCUT2D eigenvalue weighted by Gasteiger charge is -2.06. The van der Waals surface area contributed by atoms with E-state index in [9.17, 15) is 8.78 Å². The van der Waals surface area contributed by atoms with Crippen LogP contribution in [0.3, 0.4) is 0 Å². The van der Waals surface area contributed by atoms with E-state index in [4.69, 9.17) is 5.26 Å². The molecule has 1 heterocycles. The molecule has 0 spiro atoms. The molecule has 0 radical (unpaired) electrons. The Morgan fingerprint density at radius 3 is 2.71 bits per heavy atom. The third kappa shape index (κ3) is 2.39. The molecule has 0 fully saturated rings. The van der Waals surface area contributed by atoms with Crippen molar-refractivity contribution in [3.8, 4) is 6.07 Å². The molecule has 0 aromatic carbocycles.